The van der Waals surface area contributed by atoms with Crippen LogP contribution < -0.4 is 5.32 Å². The summed E-state index contributed by atoms with van der Waals surface area (Å²) in [7, 11) is 0. The molecular formula is C10H17N3. The number of aromatic nitrogens is 2. The van der Waals surface area contributed by atoms with Crippen molar-refractivity contribution >= 4 is 0 Å². The summed E-state index contributed by atoms with van der Waals surface area (Å²) >= 11 is 0. The van der Waals surface area contributed by atoms with Crippen molar-refractivity contribution in [2.45, 2.75) is 38.8 Å². The lowest BCUT2D eigenvalue weighted by Gasteiger charge is -2.28. The Bertz CT molecular complexity index is 279. The molecule has 2 heterocycles. The van der Waals surface area contributed by atoms with Gasteiger partial charge in [-0.1, -0.05) is 0 Å². The highest BCUT2D eigenvalue weighted by Crippen LogP contribution is 2.20. The first-order valence-corrected chi connectivity index (χ1v) is 5.01. The molecule has 0 amide bonds. The fraction of sp³-hybridized carbons (Fsp3) is 0.700. The van der Waals surface area contributed by atoms with Gasteiger partial charge in [-0.2, -0.15) is 5.10 Å². The predicted octanol–water partition coefficient (Wildman–Crippen LogP) is 1.50. The molecule has 72 valence electrons. The molecule has 13 heavy (non-hydrogen) atoms. The van der Waals surface area contributed by atoms with Crippen LogP contribution in [0.4, 0.5) is 0 Å². The Balaban J connectivity index is 2.08. The van der Waals surface area contributed by atoms with Crippen molar-refractivity contribution in [3.05, 3.63) is 18.0 Å². The Labute approximate surface area is 79.1 Å². The van der Waals surface area contributed by atoms with E-state index >= 15 is 0 Å². The van der Waals surface area contributed by atoms with Crippen molar-refractivity contribution < 1.29 is 0 Å². The van der Waals surface area contributed by atoms with E-state index in [1.165, 1.54) is 12.8 Å². The highest BCUT2D eigenvalue weighted by molar-refractivity contribution is 4.96. The Morgan fingerprint density at radius 1 is 1.62 bits per heavy atom. The number of hydrogen-bond donors (Lipinski definition) is 1. The van der Waals surface area contributed by atoms with Gasteiger partial charge in [0.1, 0.15) is 0 Å². The first kappa shape index (κ1) is 8.75. The van der Waals surface area contributed by atoms with E-state index in [9.17, 15) is 0 Å². The third kappa shape index (κ3) is 1.91. The van der Waals surface area contributed by atoms with Gasteiger partial charge in [-0.15, -0.1) is 0 Å². The lowest BCUT2D eigenvalue weighted by atomic mass is 10.0. The molecule has 1 N–H and O–H groups in total. The summed E-state index contributed by atoms with van der Waals surface area (Å²) in [6.45, 7) is 5.40. The minimum absolute atomic E-state index is 0.602. The topological polar surface area (TPSA) is 29.9 Å². The molecule has 2 unspecified atom stereocenters. The lowest BCUT2D eigenvalue weighted by molar-refractivity contribution is 0.294. The van der Waals surface area contributed by atoms with Crippen LogP contribution >= 0.6 is 0 Å². The van der Waals surface area contributed by atoms with Gasteiger partial charge in [-0.05, 0) is 39.3 Å². The van der Waals surface area contributed by atoms with Gasteiger partial charge in [0.15, 0.2) is 0 Å². The monoisotopic (exact) mass is 179 g/mol. The van der Waals surface area contributed by atoms with Crippen molar-refractivity contribution in [1.29, 1.82) is 0 Å². The van der Waals surface area contributed by atoms with Crippen molar-refractivity contribution in [3.8, 4) is 0 Å². The van der Waals surface area contributed by atoms with Crippen LogP contribution in [0.15, 0.2) is 12.3 Å². The fourth-order valence-corrected chi connectivity index (χ4v) is 1.98. The average molecular weight is 179 g/mol. The van der Waals surface area contributed by atoms with Crippen molar-refractivity contribution in [3.63, 3.8) is 0 Å². The molecule has 1 fully saturated rings. The maximum absolute atomic E-state index is 4.46. The first-order chi connectivity index (χ1) is 6.25. The Kier molecular flexibility index (Phi) is 2.36. The van der Waals surface area contributed by atoms with E-state index in [1.807, 2.05) is 6.92 Å². The molecular weight excluding hydrogens is 162 g/mol. The minimum Gasteiger partial charge on any atom is -0.314 e. The molecule has 2 atom stereocenters. The zero-order chi connectivity index (χ0) is 9.26. The smallest absolute Gasteiger partial charge is 0.0593 e. The maximum atomic E-state index is 4.46. The van der Waals surface area contributed by atoms with Crippen molar-refractivity contribution in [2.24, 2.45) is 0 Å². The Morgan fingerprint density at radius 3 is 3.08 bits per heavy atom. The molecule has 3 heteroatoms. The summed E-state index contributed by atoms with van der Waals surface area (Å²) in [5.74, 6) is 0. The Hall–Kier alpha value is -0.830. The molecule has 0 spiro atoms. The van der Waals surface area contributed by atoms with Gasteiger partial charge < -0.3 is 5.32 Å². The summed E-state index contributed by atoms with van der Waals surface area (Å²) in [4.78, 5) is 0. The standard InChI is InChI=1S/C10H17N3/c1-8-4-6-13(12-8)10-3-5-11-9(2)7-10/h4,6,9-11H,3,5,7H2,1-2H3. The summed E-state index contributed by atoms with van der Waals surface area (Å²) in [5.41, 5.74) is 1.12. The summed E-state index contributed by atoms with van der Waals surface area (Å²) < 4.78 is 2.12. The highest BCUT2D eigenvalue weighted by atomic mass is 15.3. The molecule has 0 aromatic carbocycles. The number of hydrogen-bond acceptors (Lipinski definition) is 2. The molecule has 1 aromatic heterocycles. The van der Waals surface area contributed by atoms with E-state index in [-0.39, 0.29) is 0 Å². The molecule has 3 nitrogen and oxygen atoms in total. The van der Waals surface area contributed by atoms with Gasteiger partial charge in [0, 0.05) is 12.2 Å². The van der Waals surface area contributed by atoms with Crippen LogP contribution in [0.3, 0.4) is 0 Å². The minimum atomic E-state index is 0.602. The van der Waals surface area contributed by atoms with Gasteiger partial charge >= 0.3 is 0 Å². The molecule has 1 aliphatic heterocycles. The second kappa shape index (κ2) is 3.50. The molecule has 0 saturated carbocycles. The molecule has 1 aliphatic rings. The lowest BCUT2D eigenvalue weighted by Crippen LogP contribution is -2.36. The van der Waals surface area contributed by atoms with E-state index in [1.54, 1.807) is 0 Å². The first-order valence-electron chi connectivity index (χ1n) is 5.01. The molecule has 2 rings (SSSR count). The summed E-state index contributed by atoms with van der Waals surface area (Å²) in [6.07, 6.45) is 4.49. The molecule has 0 bridgehead atoms. The van der Waals surface area contributed by atoms with E-state index in [4.69, 9.17) is 0 Å². The maximum Gasteiger partial charge on any atom is 0.0593 e. The van der Waals surface area contributed by atoms with Gasteiger partial charge in [-0.3, -0.25) is 4.68 Å². The van der Waals surface area contributed by atoms with Crippen LogP contribution in [0.25, 0.3) is 0 Å². The SMILES string of the molecule is Cc1ccn(C2CCNC(C)C2)n1. The number of nitrogens with one attached hydrogen (secondary N) is 1. The molecule has 1 saturated heterocycles. The van der Waals surface area contributed by atoms with E-state index in [0.29, 0.717) is 12.1 Å². The normalized spacial score (nSPS) is 29.1. The molecule has 1 aromatic rings. The van der Waals surface area contributed by atoms with Crippen molar-refractivity contribution in [1.82, 2.24) is 15.1 Å². The van der Waals surface area contributed by atoms with Gasteiger partial charge in [-0.25, -0.2) is 0 Å². The summed E-state index contributed by atoms with van der Waals surface area (Å²) in [5, 5.41) is 7.91. The average Bonchev–Trinajstić information content (AvgIpc) is 2.52. The largest absolute Gasteiger partial charge is 0.314 e. The van der Waals surface area contributed by atoms with Gasteiger partial charge in [0.05, 0.1) is 11.7 Å². The van der Waals surface area contributed by atoms with Crippen LogP contribution in [0.1, 0.15) is 31.5 Å². The molecule has 0 radical (unpaired) electrons. The zero-order valence-corrected chi connectivity index (χ0v) is 8.33. The van der Waals surface area contributed by atoms with Crippen LogP contribution in [0.2, 0.25) is 0 Å². The van der Waals surface area contributed by atoms with E-state index in [2.05, 4.69) is 34.3 Å². The quantitative estimate of drug-likeness (QED) is 0.708. The number of aryl methyl sites for hydroxylation is 1. The molecule has 0 aliphatic carbocycles. The van der Waals surface area contributed by atoms with E-state index < -0.39 is 0 Å². The van der Waals surface area contributed by atoms with Crippen LogP contribution in [-0.2, 0) is 0 Å². The van der Waals surface area contributed by atoms with Crippen LogP contribution in [0, 0.1) is 6.92 Å². The van der Waals surface area contributed by atoms with Crippen LogP contribution in [0.5, 0.6) is 0 Å². The second-order valence-corrected chi connectivity index (χ2v) is 3.97. The van der Waals surface area contributed by atoms with Gasteiger partial charge in [0.25, 0.3) is 0 Å². The number of rotatable bonds is 1. The van der Waals surface area contributed by atoms with Gasteiger partial charge in [0.2, 0.25) is 0 Å². The zero-order valence-electron chi connectivity index (χ0n) is 8.33. The summed E-state index contributed by atoms with van der Waals surface area (Å²) in [6, 6.07) is 3.31. The number of piperidine rings is 1. The van der Waals surface area contributed by atoms with Crippen LogP contribution in [-0.4, -0.2) is 22.4 Å². The third-order valence-electron chi connectivity index (χ3n) is 2.71. The number of nitrogens with zero attached hydrogens (tertiary/aromatic N) is 2. The Morgan fingerprint density at radius 2 is 2.46 bits per heavy atom. The third-order valence-corrected chi connectivity index (χ3v) is 2.71. The highest BCUT2D eigenvalue weighted by Gasteiger charge is 2.19. The second-order valence-electron chi connectivity index (χ2n) is 3.97. The van der Waals surface area contributed by atoms with Crippen molar-refractivity contribution in [2.75, 3.05) is 6.54 Å². The predicted molar refractivity (Wildman–Crippen MR) is 52.7 cm³/mol. The fourth-order valence-electron chi connectivity index (χ4n) is 1.98. The van der Waals surface area contributed by atoms with E-state index in [0.717, 1.165) is 12.2 Å².